The number of amides is 1. The molecule has 2 aromatic heterocycles. The quantitative estimate of drug-likeness (QED) is 0.705. The molecule has 138 valence electrons. The van der Waals surface area contributed by atoms with Crippen LogP contribution in [0.2, 0.25) is 0 Å². The number of pyridine rings is 1. The number of alkyl halides is 3. The van der Waals surface area contributed by atoms with Crippen molar-refractivity contribution in [1.82, 2.24) is 19.9 Å². The molecule has 0 bridgehead atoms. The lowest BCUT2D eigenvalue weighted by Crippen LogP contribution is -2.56. The molecule has 0 saturated carbocycles. The van der Waals surface area contributed by atoms with Crippen molar-refractivity contribution < 1.29 is 22.7 Å². The van der Waals surface area contributed by atoms with Crippen molar-refractivity contribution in [3.63, 3.8) is 0 Å². The van der Waals surface area contributed by atoms with E-state index in [2.05, 4.69) is 15.0 Å². The van der Waals surface area contributed by atoms with E-state index in [1.54, 1.807) is 12.1 Å². The summed E-state index contributed by atoms with van der Waals surface area (Å²) < 4.78 is 43.1. The van der Waals surface area contributed by atoms with Crippen LogP contribution in [0.15, 0.2) is 48.8 Å². The number of fused-ring (bicyclic) bond motifs is 1. The summed E-state index contributed by atoms with van der Waals surface area (Å²) in [5.41, 5.74) is 0.729. The smallest absolute Gasteiger partial charge is 0.417 e. The van der Waals surface area contributed by atoms with Gasteiger partial charge in [-0.15, -0.1) is 0 Å². The molecule has 1 amide bonds. The van der Waals surface area contributed by atoms with Crippen molar-refractivity contribution in [1.29, 1.82) is 0 Å². The fraction of sp³-hybridized carbons (Fsp3) is 0.222. The van der Waals surface area contributed by atoms with Crippen LogP contribution in [0, 0.1) is 0 Å². The summed E-state index contributed by atoms with van der Waals surface area (Å²) >= 11 is 0. The number of halogens is 3. The van der Waals surface area contributed by atoms with Gasteiger partial charge in [-0.3, -0.25) is 9.78 Å². The molecule has 1 saturated heterocycles. The number of benzene rings is 1. The largest absolute Gasteiger partial charge is 0.471 e. The molecule has 0 unspecified atom stereocenters. The molecule has 0 radical (unpaired) electrons. The number of ether oxygens (including phenoxy) is 1. The average Bonchev–Trinajstić information content (AvgIpc) is 2.63. The minimum atomic E-state index is -4.44. The van der Waals surface area contributed by atoms with Gasteiger partial charge < -0.3 is 9.64 Å². The summed E-state index contributed by atoms with van der Waals surface area (Å²) in [4.78, 5) is 26.2. The molecule has 4 rings (SSSR count). The second kappa shape index (κ2) is 6.49. The maximum Gasteiger partial charge on any atom is 0.417 e. The van der Waals surface area contributed by atoms with Crippen molar-refractivity contribution in [3.05, 3.63) is 60.0 Å². The first-order valence-electron chi connectivity index (χ1n) is 8.11. The molecule has 1 aromatic carbocycles. The van der Waals surface area contributed by atoms with Crippen LogP contribution in [-0.4, -0.2) is 45.0 Å². The second-order valence-corrected chi connectivity index (χ2v) is 6.08. The summed E-state index contributed by atoms with van der Waals surface area (Å²) in [6.07, 6.45) is -2.61. The van der Waals surface area contributed by atoms with Gasteiger partial charge in [-0.25, -0.2) is 9.97 Å². The number of aromatic nitrogens is 3. The van der Waals surface area contributed by atoms with Gasteiger partial charge in [0.1, 0.15) is 11.8 Å². The van der Waals surface area contributed by atoms with E-state index in [0.29, 0.717) is 24.1 Å². The Bertz CT molecular complexity index is 986. The SMILES string of the molecule is O=C(c1cnc2ccccc2n1)N1CC(Oc2ccc(C(F)(F)F)cn2)C1. The Morgan fingerprint density at radius 3 is 2.44 bits per heavy atom. The topological polar surface area (TPSA) is 68.2 Å². The average molecular weight is 374 g/mol. The van der Waals surface area contributed by atoms with Gasteiger partial charge in [0.05, 0.1) is 35.9 Å². The predicted octanol–water partition coefficient (Wildman–Crippen LogP) is 2.95. The van der Waals surface area contributed by atoms with Gasteiger partial charge in [0.25, 0.3) is 5.91 Å². The first kappa shape index (κ1) is 17.2. The standard InChI is InChI=1S/C18H13F3N4O2/c19-18(20,21)11-5-6-16(23-7-11)27-12-9-25(10-12)17(26)15-8-22-13-3-1-2-4-14(13)24-15/h1-8,12H,9-10H2. The Morgan fingerprint density at radius 1 is 1.04 bits per heavy atom. The number of rotatable bonds is 3. The molecule has 0 N–H and O–H groups in total. The summed E-state index contributed by atoms with van der Waals surface area (Å²) in [6, 6.07) is 9.32. The summed E-state index contributed by atoms with van der Waals surface area (Å²) in [5, 5.41) is 0. The lowest BCUT2D eigenvalue weighted by molar-refractivity contribution is -0.137. The Morgan fingerprint density at radius 2 is 1.78 bits per heavy atom. The first-order valence-corrected chi connectivity index (χ1v) is 8.11. The maximum atomic E-state index is 12.5. The van der Waals surface area contributed by atoms with Crippen LogP contribution in [0.1, 0.15) is 16.1 Å². The number of likely N-dealkylation sites (tertiary alicyclic amines) is 1. The van der Waals surface area contributed by atoms with E-state index in [-0.39, 0.29) is 23.6 Å². The molecule has 0 aliphatic carbocycles. The van der Waals surface area contributed by atoms with E-state index in [0.717, 1.165) is 12.3 Å². The molecular weight excluding hydrogens is 361 g/mol. The highest BCUT2D eigenvalue weighted by molar-refractivity contribution is 5.94. The molecule has 27 heavy (non-hydrogen) atoms. The minimum absolute atomic E-state index is 0.0885. The zero-order valence-corrected chi connectivity index (χ0v) is 13.8. The summed E-state index contributed by atoms with van der Waals surface area (Å²) in [6.45, 7) is 0.603. The van der Waals surface area contributed by atoms with Gasteiger partial charge in [0.2, 0.25) is 5.88 Å². The normalized spacial score (nSPS) is 14.9. The number of hydrogen-bond donors (Lipinski definition) is 0. The number of carbonyl (C=O) groups excluding carboxylic acids is 1. The van der Waals surface area contributed by atoms with Gasteiger partial charge in [0, 0.05) is 12.3 Å². The molecule has 3 heterocycles. The summed E-state index contributed by atoms with van der Waals surface area (Å²) in [7, 11) is 0. The van der Waals surface area contributed by atoms with E-state index < -0.39 is 11.7 Å². The third kappa shape index (κ3) is 3.53. The molecule has 3 aromatic rings. The predicted molar refractivity (Wildman–Crippen MR) is 89.1 cm³/mol. The number of para-hydroxylation sites is 2. The highest BCUT2D eigenvalue weighted by Gasteiger charge is 2.34. The lowest BCUT2D eigenvalue weighted by Gasteiger charge is -2.38. The fourth-order valence-corrected chi connectivity index (χ4v) is 2.69. The van der Waals surface area contributed by atoms with Crippen molar-refractivity contribution in [2.75, 3.05) is 13.1 Å². The van der Waals surface area contributed by atoms with Crippen LogP contribution in [0.4, 0.5) is 13.2 Å². The van der Waals surface area contributed by atoms with E-state index in [1.165, 1.54) is 17.2 Å². The Hall–Kier alpha value is -3.23. The lowest BCUT2D eigenvalue weighted by atomic mass is 10.1. The van der Waals surface area contributed by atoms with E-state index in [9.17, 15) is 18.0 Å². The van der Waals surface area contributed by atoms with Crippen molar-refractivity contribution in [2.45, 2.75) is 12.3 Å². The zero-order chi connectivity index (χ0) is 19.0. The number of hydrogen-bond acceptors (Lipinski definition) is 5. The highest BCUT2D eigenvalue weighted by Crippen LogP contribution is 2.29. The molecule has 0 spiro atoms. The van der Waals surface area contributed by atoms with Crippen molar-refractivity contribution in [2.24, 2.45) is 0 Å². The molecular formula is C18H13F3N4O2. The van der Waals surface area contributed by atoms with Crippen LogP contribution in [0.25, 0.3) is 11.0 Å². The van der Waals surface area contributed by atoms with Gasteiger partial charge in [-0.1, -0.05) is 12.1 Å². The molecule has 1 aliphatic heterocycles. The third-order valence-electron chi connectivity index (χ3n) is 4.15. The van der Waals surface area contributed by atoms with Gasteiger partial charge in [0.15, 0.2) is 0 Å². The highest BCUT2D eigenvalue weighted by atomic mass is 19.4. The van der Waals surface area contributed by atoms with Crippen molar-refractivity contribution >= 4 is 16.9 Å². The number of nitrogens with zero attached hydrogens (tertiary/aromatic N) is 4. The summed E-state index contributed by atoms with van der Waals surface area (Å²) in [5.74, 6) is -0.181. The molecule has 9 heteroatoms. The Balaban J connectivity index is 1.36. The molecule has 6 nitrogen and oxygen atoms in total. The van der Waals surface area contributed by atoms with Gasteiger partial charge >= 0.3 is 6.18 Å². The fourth-order valence-electron chi connectivity index (χ4n) is 2.69. The van der Waals surface area contributed by atoms with Crippen LogP contribution in [-0.2, 0) is 6.18 Å². The van der Waals surface area contributed by atoms with Crippen LogP contribution in [0.5, 0.6) is 5.88 Å². The van der Waals surface area contributed by atoms with Gasteiger partial charge in [-0.05, 0) is 18.2 Å². The van der Waals surface area contributed by atoms with Crippen LogP contribution >= 0.6 is 0 Å². The molecule has 1 aliphatic rings. The Kier molecular flexibility index (Phi) is 4.14. The molecule has 1 fully saturated rings. The second-order valence-electron chi connectivity index (χ2n) is 6.08. The van der Waals surface area contributed by atoms with Crippen molar-refractivity contribution in [3.8, 4) is 5.88 Å². The Labute approximate surface area is 151 Å². The van der Waals surface area contributed by atoms with E-state index in [4.69, 9.17) is 4.74 Å². The number of carbonyl (C=O) groups is 1. The van der Waals surface area contributed by atoms with Crippen LogP contribution < -0.4 is 4.74 Å². The zero-order valence-electron chi connectivity index (χ0n) is 13.8. The first-order chi connectivity index (χ1) is 12.9. The maximum absolute atomic E-state index is 12.5. The third-order valence-corrected chi connectivity index (χ3v) is 4.15. The van der Waals surface area contributed by atoms with E-state index in [1.807, 2.05) is 12.1 Å². The molecule has 0 atom stereocenters. The van der Waals surface area contributed by atoms with Gasteiger partial charge in [-0.2, -0.15) is 13.2 Å². The minimum Gasteiger partial charge on any atom is -0.471 e. The monoisotopic (exact) mass is 374 g/mol. The van der Waals surface area contributed by atoms with Crippen LogP contribution in [0.3, 0.4) is 0 Å². The van der Waals surface area contributed by atoms with E-state index >= 15 is 0 Å².